The number of hydrogen-bond acceptors (Lipinski definition) is 7. The number of nitrogens with one attached hydrogen (secondary N) is 1. The second kappa shape index (κ2) is 14.6. The Morgan fingerprint density at radius 3 is 2.33 bits per heavy atom. The van der Waals surface area contributed by atoms with Crippen molar-refractivity contribution in [2.75, 3.05) is 43.4 Å². The molecule has 1 atom stereocenters. The molecular formula is C37H44N6O3. The van der Waals surface area contributed by atoms with Crippen LogP contribution in [0.25, 0.3) is 0 Å². The average molecular weight is 621 g/mol. The highest BCUT2D eigenvalue weighted by Crippen LogP contribution is 2.39. The van der Waals surface area contributed by atoms with Gasteiger partial charge in [0.1, 0.15) is 11.6 Å². The molecule has 0 saturated heterocycles. The van der Waals surface area contributed by atoms with Gasteiger partial charge in [-0.15, -0.1) is 0 Å². The molecule has 2 amide bonds. The zero-order valence-corrected chi connectivity index (χ0v) is 27.7. The Kier molecular flexibility index (Phi) is 10.3. The summed E-state index contributed by atoms with van der Waals surface area (Å²) in [5.41, 5.74) is 6.56. The van der Waals surface area contributed by atoms with Crippen LogP contribution in [0.4, 0.5) is 22.2 Å². The third kappa shape index (κ3) is 7.37. The van der Waals surface area contributed by atoms with Crippen molar-refractivity contribution in [1.82, 2.24) is 19.8 Å². The molecule has 1 unspecified atom stereocenters. The maximum atomic E-state index is 14.0. The van der Waals surface area contributed by atoms with Crippen molar-refractivity contribution in [1.29, 1.82) is 0 Å². The van der Waals surface area contributed by atoms with Gasteiger partial charge in [0.15, 0.2) is 0 Å². The number of aromatic nitrogens is 2. The molecule has 46 heavy (non-hydrogen) atoms. The van der Waals surface area contributed by atoms with Gasteiger partial charge >= 0.3 is 6.09 Å². The third-order valence-electron chi connectivity index (χ3n) is 8.67. The minimum atomic E-state index is -0.491. The van der Waals surface area contributed by atoms with E-state index in [1.807, 2.05) is 64.2 Å². The highest BCUT2D eigenvalue weighted by Gasteiger charge is 2.35. The molecular weight excluding hydrogens is 576 g/mol. The van der Waals surface area contributed by atoms with E-state index < -0.39 is 6.09 Å². The predicted octanol–water partition coefficient (Wildman–Crippen LogP) is 7.25. The number of anilines is 3. The molecule has 5 rings (SSSR count). The quantitative estimate of drug-likeness (QED) is 0.189. The van der Waals surface area contributed by atoms with Crippen LogP contribution in [0, 0.1) is 20.8 Å². The summed E-state index contributed by atoms with van der Waals surface area (Å²) in [6.07, 6.45) is 2.76. The Balaban J connectivity index is 1.37. The summed E-state index contributed by atoms with van der Waals surface area (Å²) in [5, 5.41) is 3.24. The van der Waals surface area contributed by atoms with E-state index in [0.717, 1.165) is 60.4 Å². The Hall–Kier alpha value is -4.76. The van der Waals surface area contributed by atoms with Crippen molar-refractivity contribution in [3.8, 4) is 5.75 Å². The Morgan fingerprint density at radius 1 is 0.935 bits per heavy atom. The lowest BCUT2D eigenvalue weighted by atomic mass is 10.1. The lowest BCUT2D eigenvalue weighted by Gasteiger charge is -2.28. The maximum absolute atomic E-state index is 14.0. The van der Waals surface area contributed by atoms with E-state index in [0.29, 0.717) is 29.6 Å². The van der Waals surface area contributed by atoms with E-state index in [1.165, 1.54) is 5.56 Å². The van der Waals surface area contributed by atoms with Gasteiger partial charge in [-0.3, -0.25) is 9.69 Å². The monoisotopic (exact) mass is 620 g/mol. The first-order valence-corrected chi connectivity index (χ1v) is 16.0. The Labute approximate surface area is 272 Å². The summed E-state index contributed by atoms with van der Waals surface area (Å²) in [6.45, 7) is 13.6. The second-order valence-corrected chi connectivity index (χ2v) is 11.9. The van der Waals surface area contributed by atoms with E-state index in [-0.39, 0.29) is 11.9 Å². The van der Waals surface area contributed by atoms with E-state index in [4.69, 9.17) is 9.72 Å². The third-order valence-corrected chi connectivity index (χ3v) is 8.67. The first kappa shape index (κ1) is 32.6. The number of fused-ring (bicyclic) bond motifs is 1. The largest absolute Gasteiger partial charge is 0.421 e. The van der Waals surface area contributed by atoms with Crippen LogP contribution < -0.4 is 15.0 Å². The van der Waals surface area contributed by atoms with Crippen LogP contribution >= 0.6 is 0 Å². The number of aryl methyl sites for hydroxylation is 4. The van der Waals surface area contributed by atoms with Gasteiger partial charge in [-0.05, 0) is 99.3 Å². The van der Waals surface area contributed by atoms with Gasteiger partial charge in [0.2, 0.25) is 5.95 Å². The van der Waals surface area contributed by atoms with Gasteiger partial charge in [0.05, 0.1) is 6.04 Å². The molecule has 1 aromatic heterocycles. The molecule has 0 fully saturated rings. The fourth-order valence-corrected chi connectivity index (χ4v) is 6.17. The zero-order valence-electron chi connectivity index (χ0n) is 27.7. The molecule has 240 valence electrons. The van der Waals surface area contributed by atoms with Crippen molar-refractivity contribution in [2.45, 2.75) is 53.5 Å². The fourth-order valence-electron chi connectivity index (χ4n) is 6.17. The van der Waals surface area contributed by atoms with Crippen molar-refractivity contribution >= 4 is 29.5 Å². The lowest BCUT2D eigenvalue weighted by Crippen LogP contribution is -2.37. The molecule has 0 saturated carbocycles. The Morgan fingerprint density at radius 2 is 1.63 bits per heavy atom. The van der Waals surface area contributed by atoms with E-state index in [2.05, 4.69) is 41.2 Å². The minimum Gasteiger partial charge on any atom is -0.409 e. The lowest BCUT2D eigenvalue weighted by molar-refractivity contribution is 0.0779. The van der Waals surface area contributed by atoms with Crippen molar-refractivity contribution in [3.63, 3.8) is 0 Å². The number of carbonyl (C=O) groups excluding carboxylic acids is 2. The summed E-state index contributed by atoms with van der Waals surface area (Å²) in [4.78, 5) is 41.9. The van der Waals surface area contributed by atoms with Gasteiger partial charge < -0.3 is 19.9 Å². The highest BCUT2D eigenvalue weighted by atomic mass is 16.6. The van der Waals surface area contributed by atoms with Crippen LogP contribution in [0.3, 0.4) is 0 Å². The summed E-state index contributed by atoms with van der Waals surface area (Å²) >= 11 is 0. The number of benzene rings is 3. The topological polar surface area (TPSA) is 90.9 Å². The fraction of sp³-hybridized carbons (Fsp3) is 0.351. The van der Waals surface area contributed by atoms with E-state index >= 15 is 0 Å². The normalized spacial score (nSPS) is 13.8. The highest BCUT2D eigenvalue weighted by molar-refractivity contribution is 5.94. The minimum absolute atomic E-state index is 0.0259. The van der Waals surface area contributed by atoms with Crippen LogP contribution in [0.1, 0.15) is 64.5 Å². The van der Waals surface area contributed by atoms with Gasteiger partial charge in [0, 0.05) is 37.6 Å². The average Bonchev–Trinajstić information content (AvgIpc) is 3.47. The van der Waals surface area contributed by atoms with Crippen LogP contribution in [-0.4, -0.2) is 65.0 Å². The smallest absolute Gasteiger partial charge is 0.409 e. The number of ether oxygens (including phenoxy) is 1. The molecule has 4 aromatic rings. The number of amides is 2. The molecule has 0 bridgehead atoms. The summed E-state index contributed by atoms with van der Waals surface area (Å²) in [5.74, 6) is 1.31. The molecule has 0 spiro atoms. The van der Waals surface area contributed by atoms with E-state index in [1.54, 1.807) is 34.2 Å². The standard InChI is InChI=1S/C37H44N6O3/c1-7-42(8-2)22-21-41(6)35(44)29-13-16-30(17-14-29)39-36-38-20-19-33(40-36)43(32-18-15-28-11-9-10-12-31(28)32)37(45)46-34-26(4)23-25(3)24-27(34)5/h9-14,16-17,19-20,23-24,32H,7-8,15,18,21-22H2,1-6H3,(H,38,39,40). The van der Waals surface area contributed by atoms with Crippen molar-refractivity contribution < 1.29 is 14.3 Å². The second-order valence-electron chi connectivity index (χ2n) is 11.9. The zero-order chi connectivity index (χ0) is 32.8. The van der Waals surface area contributed by atoms with Crippen LogP contribution in [0.5, 0.6) is 5.75 Å². The number of rotatable bonds is 11. The number of carbonyl (C=O) groups is 2. The van der Waals surface area contributed by atoms with Gasteiger partial charge in [0.25, 0.3) is 5.91 Å². The van der Waals surface area contributed by atoms with Crippen molar-refractivity contribution in [3.05, 3.63) is 106 Å². The first-order chi connectivity index (χ1) is 22.2. The van der Waals surface area contributed by atoms with Crippen LogP contribution in [0.15, 0.2) is 72.9 Å². The maximum Gasteiger partial charge on any atom is 0.421 e. The van der Waals surface area contributed by atoms with Crippen LogP contribution in [-0.2, 0) is 6.42 Å². The number of hydrogen-bond donors (Lipinski definition) is 1. The SMILES string of the molecule is CCN(CC)CCN(C)C(=O)c1ccc(Nc2nccc(N(C(=O)Oc3c(C)cc(C)cc3C)C3CCc4ccccc43)n2)cc1. The summed E-state index contributed by atoms with van der Waals surface area (Å²) in [7, 11) is 1.83. The molecule has 1 aliphatic rings. The summed E-state index contributed by atoms with van der Waals surface area (Å²) < 4.78 is 6.10. The molecule has 0 radical (unpaired) electrons. The molecule has 9 nitrogen and oxygen atoms in total. The molecule has 1 aliphatic carbocycles. The number of nitrogens with zero attached hydrogens (tertiary/aromatic N) is 5. The molecule has 0 aliphatic heterocycles. The van der Waals surface area contributed by atoms with Gasteiger partial charge in [-0.1, -0.05) is 55.8 Å². The van der Waals surface area contributed by atoms with Gasteiger partial charge in [-0.2, -0.15) is 4.98 Å². The molecule has 1 N–H and O–H groups in total. The van der Waals surface area contributed by atoms with Crippen molar-refractivity contribution in [2.24, 2.45) is 0 Å². The Bertz CT molecular complexity index is 1660. The van der Waals surface area contributed by atoms with E-state index in [9.17, 15) is 9.59 Å². The van der Waals surface area contributed by atoms with Crippen LogP contribution in [0.2, 0.25) is 0 Å². The first-order valence-electron chi connectivity index (χ1n) is 16.0. The molecule has 3 aromatic carbocycles. The summed E-state index contributed by atoms with van der Waals surface area (Å²) in [6, 6.07) is 21.0. The van der Waals surface area contributed by atoms with Gasteiger partial charge in [-0.25, -0.2) is 9.78 Å². The molecule has 9 heteroatoms. The predicted molar refractivity (Wildman–Crippen MR) is 183 cm³/mol. The number of likely N-dealkylation sites (N-methyl/N-ethyl adjacent to an activating group) is 2. The molecule has 1 heterocycles.